The smallest absolute Gasteiger partial charge is 0.169 e. The molecule has 0 aliphatic rings. The van der Waals surface area contributed by atoms with Gasteiger partial charge in [-0.05, 0) is 43.2 Å². The second-order valence-corrected chi connectivity index (χ2v) is 5.19. The van der Waals surface area contributed by atoms with E-state index in [0.29, 0.717) is 16.3 Å². The largest absolute Gasteiger partial charge is 0.398 e. The number of benzene rings is 2. The second kappa shape index (κ2) is 5.45. The zero-order chi connectivity index (χ0) is 14.0. The van der Waals surface area contributed by atoms with Crippen molar-refractivity contribution in [2.45, 2.75) is 20.3 Å². The lowest BCUT2D eigenvalue weighted by atomic mass is 9.99. The average Bonchev–Trinajstić information content (AvgIpc) is 2.35. The standard InChI is InChI=1S/C16H16ClNO/c1-10-4-6-15(18)13(7-10)16(19)9-12-5-3-11(2)8-14(12)17/h3-8H,9,18H2,1-2H3. The molecule has 0 heterocycles. The summed E-state index contributed by atoms with van der Waals surface area (Å²) in [6.45, 7) is 3.91. The van der Waals surface area contributed by atoms with E-state index in [9.17, 15) is 4.79 Å². The van der Waals surface area contributed by atoms with E-state index in [0.717, 1.165) is 16.7 Å². The van der Waals surface area contributed by atoms with Crippen LogP contribution >= 0.6 is 11.6 Å². The molecular formula is C16H16ClNO. The van der Waals surface area contributed by atoms with E-state index in [1.807, 2.05) is 44.2 Å². The van der Waals surface area contributed by atoms with Gasteiger partial charge in [0.2, 0.25) is 0 Å². The molecule has 0 radical (unpaired) electrons. The van der Waals surface area contributed by atoms with Crippen molar-refractivity contribution in [1.29, 1.82) is 0 Å². The summed E-state index contributed by atoms with van der Waals surface area (Å²) in [6.07, 6.45) is 0.271. The lowest BCUT2D eigenvalue weighted by molar-refractivity contribution is 0.0993. The molecular weight excluding hydrogens is 258 g/mol. The summed E-state index contributed by atoms with van der Waals surface area (Å²) in [7, 11) is 0. The first-order valence-electron chi connectivity index (χ1n) is 6.11. The van der Waals surface area contributed by atoms with Gasteiger partial charge in [-0.2, -0.15) is 0 Å². The van der Waals surface area contributed by atoms with Crippen molar-refractivity contribution in [2.75, 3.05) is 5.73 Å². The van der Waals surface area contributed by atoms with Crippen molar-refractivity contribution in [3.8, 4) is 0 Å². The Labute approximate surface area is 118 Å². The first kappa shape index (κ1) is 13.6. The van der Waals surface area contributed by atoms with Gasteiger partial charge < -0.3 is 5.73 Å². The van der Waals surface area contributed by atoms with Crippen LogP contribution in [-0.4, -0.2) is 5.78 Å². The summed E-state index contributed by atoms with van der Waals surface area (Å²) in [6, 6.07) is 11.2. The monoisotopic (exact) mass is 273 g/mol. The highest BCUT2D eigenvalue weighted by atomic mass is 35.5. The minimum absolute atomic E-state index is 0.00745. The summed E-state index contributed by atoms with van der Waals surface area (Å²) in [4.78, 5) is 12.3. The molecule has 2 nitrogen and oxygen atoms in total. The highest BCUT2D eigenvalue weighted by Crippen LogP contribution is 2.21. The van der Waals surface area contributed by atoms with Crippen LogP contribution in [-0.2, 0) is 6.42 Å². The minimum atomic E-state index is -0.00745. The molecule has 2 rings (SSSR count). The van der Waals surface area contributed by atoms with Crippen LogP contribution in [0.4, 0.5) is 5.69 Å². The Morgan fingerprint density at radius 1 is 1.11 bits per heavy atom. The molecule has 0 spiro atoms. The first-order chi connectivity index (χ1) is 8.97. The van der Waals surface area contributed by atoms with Crippen LogP contribution in [0.3, 0.4) is 0 Å². The van der Waals surface area contributed by atoms with E-state index in [4.69, 9.17) is 17.3 Å². The number of hydrogen-bond acceptors (Lipinski definition) is 2. The molecule has 0 unspecified atom stereocenters. The lowest BCUT2D eigenvalue weighted by Crippen LogP contribution is -2.07. The number of nitrogen functional groups attached to an aromatic ring is 1. The van der Waals surface area contributed by atoms with Crippen LogP contribution in [0.15, 0.2) is 36.4 Å². The molecule has 0 amide bonds. The second-order valence-electron chi connectivity index (χ2n) is 4.79. The third-order valence-corrected chi connectivity index (χ3v) is 3.42. The molecule has 3 heteroatoms. The van der Waals surface area contributed by atoms with Gasteiger partial charge in [0.15, 0.2) is 5.78 Å². The predicted octanol–water partition coefficient (Wildman–Crippen LogP) is 3.96. The molecule has 2 N–H and O–H groups in total. The molecule has 0 saturated carbocycles. The number of hydrogen-bond donors (Lipinski definition) is 1. The number of aryl methyl sites for hydroxylation is 2. The van der Waals surface area contributed by atoms with Crippen LogP contribution in [0.2, 0.25) is 5.02 Å². The Morgan fingerprint density at radius 2 is 1.74 bits per heavy atom. The maximum absolute atomic E-state index is 12.3. The normalized spacial score (nSPS) is 10.5. The molecule has 19 heavy (non-hydrogen) atoms. The van der Waals surface area contributed by atoms with Crippen LogP contribution in [0.1, 0.15) is 27.0 Å². The highest BCUT2D eigenvalue weighted by Gasteiger charge is 2.12. The Balaban J connectivity index is 2.28. The van der Waals surface area contributed by atoms with E-state index in [2.05, 4.69) is 0 Å². The van der Waals surface area contributed by atoms with Crippen molar-refractivity contribution in [2.24, 2.45) is 0 Å². The Hall–Kier alpha value is -1.80. The number of nitrogens with two attached hydrogens (primary N) is 1. The van der Waals surface area contributed by atoms with Gasteiger partial charge in [-0.15, -0.1) is 0 Å². The van der Waals surface area contributed by atoms with Crippen LogP contribution in [0.5, 0.6) is 0 Å². The lowest BCUT2D eigenvalue weighted by Gasteiger charge is -2.08. The summed E-state index contributed by atoms with van der Waals surface area (Å²) in [5, 5.41) is 0.625. The van der Waals surface area contributed by atoms with E-state index in [-0.39, 0.29) is 12.2 Å². The number of carbonyl (C=O) groups excluding carboxylic acids is 1. The highest BCUT2D eigenvalue weighted by molar-refractivity contribution is 6.31. The van der Waals surface area contributed by atoms with Gasteiger partial charge in [0.05, 0.1) is 0 Å². The summed E-state index contributed by atoms with van der Waals surface area (Å²) in [5.41, 5.74) is 9.86. The molecule has 2 aromatic carbocycles. The first-order valence-corrected chi connectivity index (χ1v) is 6.49. The average molecular weight is 274 g/mol. The summed E-state index contributed by atoms with van der Waals surface area (Å²) >= 11 is 6.15. The van der Waals surface area contributed by atoms with Crippen molar-refractivity contribution in [3.63, 3.8) is 0 Å². The topological polar surface area (TPSA) is 43.1 Å². The number of anilines is 1. The summed E-state index contributed by atoms with van der Waals surface area (Å²) < 4.78 is 0. The number of ketones is 1. The predicted molar refractivity (Wildman–Crippen MR) is 79.8 cm³/mol. The molecule has 0 aromatic heterocycles. The van der Waals surface area contributed by atoms with Gasteiger partial charge in [-0.3, -0.25) is 4.79 Å². The molecule has 0 aliphatic carbocycles. The Kier molecular flexibility index (Phi) is 3.91. The Bertz CT molecular complexity index is 635. The van der Waals surface area contributed by atoms with E-state index < -0.39 is 0 Å². The van der Waals surface area contributed by atoms with Crippen molar-refractivity contribution >= 4 is 23.1 Å². The molecule has 0 bridgehead atoms. The molecule has 2 aromatic rings. The van der Waals surface area contributed by atoms with Gasteiger partial charge in [-0.25, -0.2) is 0 Å². The van der Waals surface area contributed by atoms with Gasteiger partial charge in [0.25, 0.3) is 0 Å². The maximum Gasteiger partial charge on any atom is 0.169 e. The van der Waals surface area contributed by atoms with Gasteiger partial charge in [0, 0.05) is 22.7 Å². The van der Waals surface area contributed by atoms with Crippen LogP contribution < -0.4 is 5.73 Å². The number of halogens is 1. The van der Waals surface area contributed by atoms with Crippen molar-refractivity contribution < 1.29 is 4.79 Å². The van der Waals surface area contributed by atoms with E-state index in [1.165, 1.54) is 0 Å². The van der Waals surface area contributed by atoms with Crippen molar-refractivity contribution in [1.82, 2.24) is 0 Å². The summed E-state index contributed by atoms with van der Waals surface area (Å²) in [5.74, 6) is -0.00745. The quantitative estimate of drug-likeness (QED) is 0.679. The third-order valence-electron chi connectivity index (χ3n) is 3.07. The fourth-order valence-electron chi connectivity index (χ4n) is 1.98. The third kappa shape index (κ3) is 3.15. The molecule has 0 fully saturated rings. The van der Waals surface area contributed by atoms with Crippen LogP contribution in [0, 0.1) is 13.8 Å². The van der Waals surface area contributed by atoms with E-state index >= 15 is 0 Å². The molecule has 0 saturated heterocycles. The molecule has 0 atom stereocenters. The number of rotatable bonds is 3. The van der Waals surface area contributed by atoms with Crippen molar-refractivity contribution in [3.05, 3.63) is 63.7 Å². The fraction of sp³-hybridized carbons (Fsp3) is 0.188. The van der Waals surface area contributed by atoms with Gasteiger partial charge >= 0.3 is 0 Å². The number of carbonyl (C=O) groups is 1. The number of Topliss-reactive ketones (excluding diaryl/α,β-unsaturated/α-hetero) is 1. The van der Waals surface area contributed by atoms with Crippen LogP contribution in [0.25, 0.3) is 0 Å². The fourth-order valence-corrected chi connectivity index (χ4v) is 2.28. The molecule has 98 valence electrons. The van der Waals surface area contributed by atoms with Gasteiger partial charge in [0.1, 0.15) is 0 Å². The van der Waals surface area contributed by atoms with Gasteiger partial charge in [-0.1, -0.05) is 35.4 Å². The zero-order valence-corrected chi connectivity index (χ0v) is 11.8. The van der Waals surface area contributed by atoms with E-state index in [1.54, 1.807) is 6.07 Å². The SMILES string of the molecule is Cc1ccc(CC(=O)c2cc(C)ccc2N)c(Cl)c1. The Morgan fingerprint density at radius 3 is 2.42 bits per heavy atom. The molecule has 0 aliphatic heterocycles. The zero-order valence-electron chi connectivity index (χ0n) is 11.0. The maximum atomic E-state index is 12.3. The minimum Gasteiger partial charge on any atom is -0.398 e.